The maximum atomic E-state index is 13.5. The van der Waals surface area contributed by atoms with Crippen LogP contribution >= 0.6 is 0 Å². The van der Waals surface area contributed by atoms with Gasteiger partial charge in [0.15, 0.2) is 0 Å². The number of hydrogen-bond acceptors (Lipinski definition) is 7. The Kier molecular flexibility index (Phi) is 18.7. The Morgan fingerprint density at radius 1 is 0.889 bits per heavy atom. The number of carbonyl (C=O) groups is 5. The van der Waals surface area contributed by atoms with Crippen molar-refractivity contribution in [2.75, 3.05) is 6.54 Å². The van der Waals surface area contributed by atoms with Gasteiger partial charge in [0.1, 0.15) is 12.1 Å². The summed E-state index contributed by atoms with van der Waals surface area (Å²) >= 11 is 0. The van der Waals surface area contributed by atoms with Gasteiger partial charge in [-0.15, -0.1) is 0 Å². The van der Waals surface area contributed by atoms with Crippen molar-refractivity contribution in [2.24, 2.45) is 17.6 Å². The Hall–Kier alpha value is -3.51. The van der Waals surface area contributed by atoms with Crippen molar-refractivity contribution >= 4 is 29.6 Å². The minimum Gasteiger partial charge on any atom is -0.481 e. The van der Waals surface area contributed by atoms with E-state index in [1.54, 1.807) is 6.92 Å². The molecular formula is C33H56N6O6. The van der Waals surface area contributed by atoms with Crippen LogP contribution in [0.2, 0.25) is 0 Å². The third kappa shape index (κ3) is 15.9. The lowest BCUT2D eigenvalue weighted by Gasteiger charge is -2.28. The van der Waals surface area contributed by atoms with E-state index in [0.29, 0.717) is 45.3 Å². The first-order chi connectivity index (χ1) is 21.3. The van der Waals surface area contributed by atoms with Crippen LogP contribution in [0.4, 0.5) is 0 Å². The lowest BCUT2D eigenvalue weighted by molar-refractivity contribution is -0.137. The van der Waals surface area contributed by atoms with Crippen LogP contribution in [0, 0.1) is 11.8 Å². The molecule has 0 bridgehead atoms. The van der Waals surface area contributed by atoms with E-state index >= 15 is 0 Å². The zero-order valence-electron chi connectivity index (χ0n) is 27.9. The maximum Gasteiger partial charge on any atom is 0.303 e. The molecule has 1 aromatic rings. The summed E-state index contributed by atoms with van der Waals surface area (Å²) in [7, 11) is 0. The van der Waals surface area contributed by atoms with Gasteiger partial charge in [-0.2, -0.15) is 0 Å². The van der Waals surface area contributed by atoms with Crippen LogP contribution in [-0.2, 0) is 37.1 Å². The lowest BCUT2D eigenvalue weighted by Crippen LogP contribution is -2.57. The van der Waals surface area contributed by atoms with Crippen LogP contribution in [0.3, 0.4) is 0 Å². The zero-order valence-corrected chi connectivity index (χ0v) is 27.9. The molecule has 0 aliphatic heterocycles. The molecule has 0 aliphatic carbocycles. The van der Waals surface area contributed by atoms with Crippen LogP contribution in [-0.4, -0.2) is 65.4 Å². The Balaban J connectivity index is 2.83. The minimum absolute atomic E-state index is 0.00676. The van der Waals surface area contributed by atoms with Gasteiger partial charge in [-0.3, -0.25) is 24.0 Å². The van der Waals surface area contributed by atoms with Crippen molar-refractivity contribution in [3.63, 3.8) is 0 Å². The van der Waals surface area contributed by atoms with E-state index in [0.717, 1.165) is 11.1 Å². The van der Waals surface area contributed by atoms with E-state index in [-0.39, 0.29) is 49.0 Å². The van der Waals surface area contributed by atoms with Gasteiger partial charge in [0.05, 0.1) is 6.04 Å². The molecule has 4 amide bonds. The number of amides is 4. The Morgan fingerprint density at radius 3 is 2.18 bits per heavy atom. The van der Waals surface area contributed by atoms with E-state index in [1.165, 1.54) is 0 Å². The van der Waals surface area contributed by atoms with Crippen LogP contribution < -0.4 is 32.3 Å². The number of aliphatic carboxylic acids is 1. The highest BCUT2D eigenvalue weighted by Crippen LogP contribution is 2.11. The van der Waals surface area contributed by atoms with Gasteiger partial charge >= 0.3 is 5.97 Å². The predicted octanol–water partition coefficient (Wildman–Crippen LogP) is 2.34. The molecule has 1 rings (SSSR count). The fraction of sp³-hybridized carbons (Fsp3) is 0.667. The molecule has 254 valence electrons. The quantitative estimate of drug-likeness (QED) is 0.101. The monoisotopic (exact) mass is 632 g/mol. The lowest BCUT2D eigenvalue weighted by atomic mass is 9.97. The van der Waals surface area contributed by atoms with Crippen molar-refractivity contribution in [2.45, 2.75) is 124 Å². The highest BCUT2D eigenvalue weighted by atomic mass is 16.4. The van der Waals surface area contributed by atoms with Gasteiger partial charge in [0, 0.05) is 38.5 Å². The summed E-state index contributed by atoms with van der Waals surface area (Å²) in [6.45, 7) is 12.7. The summed E-state index contributed by atoms with van der Waals surface area (Å²) in [5.74, 6) is -2.27. The summed E-state index contributed by atoms with van der Waals surface area (Å²) in [6.07, 6.45) is 2.36. The number of nitrogens with two attached hydrogens (primary N) is 1. The molecule has 0 spiro atoms. The summed E-state index contributed by atoms with van der Waals surface area (Å²) < 4.78 is 0. The molecule has 0 heterocycles. The second-order valence-electron chi connectivity index (χ2n) is 12.2. The number of rotatable bonds is 22. The minimum atomic E-state index is -0.985. The average molecular weight is 633 g/mol. The van der Waals surface area contributed by atoms with Gasteiger partial charge in [-0.1, -0.05) is 71.7 Å². The van der Waals surface area contributed by atoms with E-state index < -0.39 is 35.9 Å². The first-order valence-electron chi connectivity index (χ1n) is 16.2. The van der Waals surface area contributed by atoms with Gasteiger partial charge in [0.2, 0.25) is 23.6 Å². The van der Waals surface area contributed by atoms with Gasteiger partial charge in [-0.25, -0.2) is 0 Å². The third-order valence-corrected chi connectivity index (χ3v) is 7.68. The van der Waals surface area contributed by atoms with Crippen LogP contribution in [0.25, 0.3) is 0 Å². The molecule has 0 fully saturated rings. The third-order valence-electron chi connectivity index (χ3n) is 7.68. The van der Waals surface area contributed by atoms with E-state index in [4.69, 9.17) is 10.8 Å². The largest absolute Gasteiger partial charge is 0.481 e. The molecule has 5 atom stereocenters. The Labute approximate surface area is 268 Å². The van der Waals surface area contributed by atoms with Crippen molar-refractivity contribution in [3.05, 3.63) is 35.4 Å². The normalized spacial score (nSPS) is 14.5. The molecular weight excluding hydrogens is 576 g/mol. The molecule has 12 heteroatoms. The number of carboxylic acid groups (broad SMARTS) is 1. The topological polar surface area (TPSA) is 192 Å². The number of carboxylic acids is 1. The fourth-order valence-corrected chi connectivity index (χ4v) is 4.85. The maximum absolute atomic E-state index is 13.5. The highest BCUT2D eigenvalue weighted by molar-refractivity contribution is 5.92. The number of benzene rings is 1. The van der Waals surface area contributed by atoms with Crippen LogP contribution in [0.5, 0.6) is 0 Å². The molecule has 1 aromatic carbocycles. The molecule has 0 aromatic heterocycles. The summed E-state index contributed by atoms with van der Waals surface area (Å²) in [5.41, 5.74) is 7.66. The van der Waals surface area contributed by atoms with Crippen molar-refractivity contribution in [1.82, 2.24) is 26.6 Å². The second kappa shape index (κ2) is 21.3. The molecule has 0 saturated carbocycles. The van der Waals surface area contributed by atoms with Crippen molar-refractivity contribution in [3.8, 4) is 0 Å². The molecule has 12 nitrogen and oxygen atoms in total. The Bertz CT molecular complexity index is 1100. The summed E-state index contributed by atoms with van der Waals surface area (Å²) in [5, 5.41) is 23.6. The van der Waals surface area contributed by atoms with Gasteiger partial charge in [-0.05, 0) is 49.1 Å². The second-order valence-corrected chi connectivity index (χ2v) is 12.2. The SMILES string of the molecule is CCC[C@H](NC(=O)[C@@H](NC(=O)CCCC(=O)O)[C@@H](C)CC)C(=O)N[C@H](CN[C@@H](C)C(=O)NCc1cccc(CN)c1)CC(C)C. The van der Waals surface area contributed by atoms with Crippen LogP contribution in [0.1, 0.15) is 97.6 Å². The first-order valence-corrected chi connectivity index (χ1v) is 16.2. The van der Waals surface area contributed by atoms with Crippen LogP contribution in [0.15, 0.2) is 24.3 Å². The molecule has 0 aliphatic rings. The molecule has 0 saturated heterocycles. The van der Waals surface area contributed by atoms with Gasteiger partial charge < -0.3 is 37.4 Å². The predicted molar refractivity (Wildman–Crippen MR) is 175 cm³/mol. The Morgan fingerprint density at radius 2 is 1.58 bits per heavy atom. The summed E-state index contributed by atoms with van der Waals surface area (Å²) in [6, 6.07) is 5.27. The van der Waals surface area contributed by atoms with E-state index in [9.17, 15) is 24.0 Å². The molecule has 45 heavy (non-hydrogen) atoms. The van der Waals surface area contributed by atoms with E-state index in [1.807, 2.05) is 58.9 Å². The van der Waals surface area contributed by atoms with Gasteiger partial charge in [0.25, 0.3) is 0 Å². The smallest absolute Gasteiger partial charge is 0.303 e. The van der Waals surface area contributed by atoms with E-state index in [2.05, 4.69) is 26.6 Å². The fourth-order valence-electron chi connectivity index (χ4n) is 4.85. The standard InChI is InChI=1S/C33H56N6O6/c1-7-11-27(38-33(45)30(22(5)8-2)39-28(40)14-10-15-29(41)42)32(44)37-26(16-21(3)4)20-35-23(6)31(43)36-19-25-13-9-12-24(17-25)18-34/h9,12-13,17,21-23,26-27,30,35H,7-8,10-11,14-16,18-20,34H2,1-6H3,(H,36,43)(H,37,44)(H,38,45)(H,39,40)(H,41,42)/t22-,23-,26-,27-,30-/m0/s1. The highest BCUT2D eigenvalue weighted by Gasteiger charge is 2.30. The molecule has 0 radical (unpaired) electrons. The van der Waals surface area contributed by atoms with Crippen molar-refractivity contribution in [1.29, 1.82) is 0 Å². The zero-order chi connectivity index (χ0) is 33.9. The molecule has 8 N–H and O–H groups in total. The number of carbonyl (C=O) groups excluding carboxylic acids is 4. The first kappa shape index (κ1) is 39.5. The van der Waals surface area contributed by atoms with Crippen molar-refractivity contribution < 1.29 is 29.1 Å². The number of hydrogen-bond donors (Lipinski definition) is 7. The summed E-state index contributed by atoms with van der Waals surface area (Å²) in [4.78, 5) is 62.8. The number of nitrogens with one attached hydrogen (secondary N) is 5. The molecule has 0 unspecified atom stereocenters. The average Bonchev–Trinajstić information content (AvgIpc) is 2.99.